The second-order valence-electron chi connectivity index (χ2n) is 8.55. The Morgan fingerprint density at radius 1 is 0.941 bits per heavy atom. The first-order valence-corrected chi connectivity index (χ1v) is 11.3. The lowest BCUT2D eigenvalue weighted by molar-refractivity contribution is -0.121. The lowest BCUT2D eigenvalue weighted by atomic mass is 10.2. The van der Waals surface area contributed by atoms with Gasteiger partial charge in [0.05, 0.1) is 10.9 Å². The average Bonchev–Trinajstić information content (AvgIpc) is 2.81. The fourth-order valence-electron chi connectivity index (χ4n) is 3.56. The van der Waals surface area contributed by atoms with Gasteiger partial charge in [-0.1, -0.05) is 26.0 Å². The minimum Gasteiger partial charge on any atom is -0.356 e. The third-order valence-electron chi connectivity index (χ3n) is 5.30. The third-order valence-corrected chi connectivity index (χ3v) is 5.30. The zero-order valence-corrected chi connectivity index (χ0v) is 19.3. The van der Waals surface area contributed by atoms with Crippen molar-refractivity contribution in [3.63, 3.8) is 0 Å². The molecule has 0 saturated carbocycles. The van der Waals surface area contributed by atoms with Gasteiger partial charge in [-0.25, -0.2) is 9.18 Å². The zero-order chi connectivity index (χ0) is 24.7. The van der Waals surface area contributed by atoms with E-state index in [9.17, 15) is 23.6 Å². The molecule has 0 unspecified atom stereocenters. The van der Waals surface area contributed by atoms with Crippen LogP contribution in [0.1, 0.15) is 33.1 Å². The van der Waals surface area contributed by atoms with Crippen molar-refractivity contribution in [2.24, 2.45) is 5.92 Å². The summed E-state index contributed by atoms with van der Waals surface area (Å²) in [7, 11) is 0. The Labute approximate surface area is 196 Å². The number of hydrogen-bond donors (Lipinski definition) is 2. The summed E-state index contributed by atoms with van der Waals surface area (Å²) in [5.41, 5.74) is -0.272. The highest BCUT2D eigenvalue weighted by Gasteiger charge is 2.15. The molecular formula is C25H29FN4O4. The van der Waals surface area contributed by atoms with Crippen LogP contribution in [0.3, 0.4) is 0 Å². The van der Waals surface area contributed by atoms with Gasteiger partial charge in [-0.05, 0) is 55.2 Å². The van der Waals surface area contributed by atoms with Gasteiger partial charge >= 0.3 is 5.69 Å². The Hall–Kier alpha value is -3.75. The maximum absolute atomic E-state index is 13.2. The van der Waals surface area contributed by atoms with E-state index in [2.05, 4.69) is 10.6 Å². The van der Waals surface area contributed by atoms with E-state index in [1.807, 2.05) is 13.8 Å². The fraction of sp³-hybridized carbons (Fsp3) is 0.360. The Balaban J connectivity index is 1.77. The van der Waals surface area contributed by atoms with Crippen LogP contribution in [0.2, 0.25) is 0 Å². The number of hydrogen-bond acceptors (Lipinski definition) is 4. The highest BCUT2D eigenvalue weighted by atomic mass is 19.1. The maximum Gasteiger partial charge on any atom is 0.331 e. The number of halogens is 1. The minimum absolute atomic E-state index is 0.0607. The van der Waals surface area contributed by atoms with Crippen molar-refractivity contribution in [3.05, 3.63) is 75.2 Å². The van der Waals surface area contributed by atoms with E-state index < -0.39 is 23.0 Å². The van der Waals surface area contributed by atoms with Gasteiger partial charge in [-0.2, -0.15) is 0 Å². The molecule has 0 atom stereocenters. The first-order chi connectivity index (χ1) is 16.3. The van der Waals surface area contributed by atoms with Gasteiger partial charge in [0.25, 0.3) is 5.56 Å². The Morgan fingerprint density at radius 2 is 1.65 bits per heavy atom. The number of rotatable bonds is 10. The van der Waals surface area contributed by atoms with Crippen LogP contribution in [0.4, 0.5) is 10.1 Å². The standard InChI is InChI=1S/C25H29FN4O4/c1-17(2)15-27-22(31)9-5-6-14-29-24(33)20-7-3-4-8-21(20)30(25(29)34)16-23(32)28-19-12-10-18(26)11-13-19/h3-4,7-8,10-13,17H,5-6,9,14-16H2,1-2H3,(H,27,31)(H,28,32). The molecule has 9 heteroatoms. The molecule has 0 spiro atoms. The predicted molar refractivity (Wildman–Crippen MR) is 129 cm³/mol. The quantitative estimate of drug-likeness (QED) is 0.447. The van der Waals surface area contributed by atoms with Gasteiger partial charge in [-0.3, -0.25) is 23.5 Å². The van der Waals surface area contributed by atoms with Gasteiger partial charge in [-0.15, -0.1) is 0 Å². The smallest absolute Gasteiger partial charge is 0.331 e. The van der Waals surface area contributed by atoms with Crippen molar-refractivity contribution in [2.75, 3.05) is 11.9 Å². The molecule has 0 bridgehead atoms. The summed E-state index contributed by atoms with van der Waals surface area (Å²) in [6.07, 6.45) is 1.29. The number of nitrogens with one attached hydrogen (secondary N) is 2. The molecule has 8 nitrogen and oxygen atoms in total. The zero-order valence-electron chi connectivity index (χ0n) is 19.3. The van der Waals surface area contributed by atoms with E-state index in [1.165, 1.54) is 28.8 Å². The molecule has 0 aliphatic heterocycles. The van der Waals surface area contributed by atoms with Crippen LogP contribution in [-0.2, 0) is 22.7 Å². The molecule has 0 saturated heterocycles. The predicted octanol–water partition coefficient (Wildman–Crippen LogP) is 2.88. The van der Waals surface area contributed by atoms with E-state index in [4.69, 9.17) is 0 Å². The van der Waals surface area contributed by atoms with E-state index in [-0.39, 0.29) is 19.0 Å². The number of fused-ring (bicyclic) bond motifs is 1. The van der Waals surface area contributed by atoms with Gasteiger partial charge in [0.15, 0.2) is 0 Å². The van der Waals surface area contributed by atoms with E-state index >= 15 is 0 Å². The maximum atomic E-state index is 13.2. The van der Waals surface area contributed by atoms with E-state index in [1.54, 1.807) is 24.3 Å². The van der Waals surface area contributed by atoms with Crippen LogP contribution in [0, 0.1) is 11.7 Å². The molecule has 2 amide bonds. The monoisotopic (exact) mass is 468 g/mol. The molecular weight excluding hydrogens is 439 g/mol. The Morgan fingerprint density at radius 3 is 2.35 bits per heavy atom. The summed E-state index contributed by atoms with van der Waals surface area (Å²) in [5.74, 6) is -0.608. The van der Waals surface area contributed by atoms with Gasteiger partial charge in [0, 0.05) is 25.2 Å². The summed E-state index contributed by atoms with van der Waals surface area (Å²) in [4.78, 5) is 50.6. The molecule has 0 aliphatic rings. The van der Waals surface area contributed by atoms with Crippen LogP contribution < -0.4 is 21.9 Å². The van der Waals surface area contributed by atoms with Crippen molar-refractivity contribution < 1.29 is 14.0 Å². The topological polar surface area (TPSA) is 102 Å². The van der Waals surface area contributed by atoms with Crippen molar-refractivity contribution in [3.8, 4) is 0 Å². The minimum atomic E-state index is -0.595. The lowest BCUT2D eigenvalue weighted by Gasteiger charge is -2.14. The van der Waals surface area contributed by atoms with E-state index in [0.717, 1.165) is 4.57 Å². The van der Waals surface area contributed by atoms with Crippen molar-refractivity contribution in [1.82, 2.24) is 14.5 Å². The first kappa shape index (κ1) is 24.9. The molecule has 0 aliphatic carbocycles. The summed E-state index contributed by atoms with van der Waals surface area (Å²) in [6, 6.07) is 11.9. The molecule has 1 aromatic heterocycles. The molecule has 3 aromatic rings. The van der Waals surface area contributed by atoms with Crippen LogP contribution in [0.5, 0.6) is 0 Å². The van der Waals surface area contributed by atoms with Crippen LogP contribution >= 0.6 is 0 Å². The van der Waals surface area contributed by atoms with E-state index in [0.29, 0.717) is 48.3 Å². The number of para-hydroxylation sites is 1. The SMILES string of the molecule is CC(C)CNC(=O)CCCCn1c(=O)c2ccccc2n(CC(=O)Nc2ccc(F)cc2)c1=O. The summed E-state index contributed by atoms with van der Waals surface area (Å²) in [5, 5.41) is 5.80. The summed E-state index contributed by atoms with van der Waals surface area (Å²) >= 11 is 0. The number of nitrogens with zero attached hydrogens (tertiary/aromatic N) is 2. The number of amides is 2. The summed E-state index contributed by atoms with van der Waals surface area (Å²) in [6.45, 7) is 4.45. The average molecular weight is 469 g/mol. The van der Waals surface area contributed by atoms with Gasteiger partial charge < -0.3 is 10.6 Å². The molecule has 2 aromatic carbocycles. The summed E-state index contributed by atoms with van der Waals surface area (Å²) < 4.78 is 15.5. The highest BCUT2D eigenvalue weighted by Crippen LogP contribution is 2.11. The number of anilines is 1. The van der Waals surface area contributed by atoms with Crippen molar-refractivity contribution in [1.29, 1.82) is 0 Å². The first-order valence-electron chi connectivity index (χ1n) is 11.3. The van der Waals surface area contributed by atoms with Crippen molar-refractivity contribution >= 4 is 28.4 Å². The second kappa shape index (κ2) is 11.4. The normalized spacial score (nSPS) is 11.1. The molecule has 0 radical (unpaired) electrons. The number of carbonyl (C=O) groups is 2. The molecule has 3 rings (SSSR count). The van der Waals surface area contributed by atoms with Crippen LogP contribution in [0.15, 0.2) is 58.1 Å². The van der Waals surface area contributed by atoms with Crippen LogP contribution in [0.25, 0.3) is 10.9 Å². The molecule has 34 heavy (non-hydrogen) atoms. The lowest BCUT2D eigenvalue weighted by Crippen LogP contribution is -2.41. The molecule has 2 N–H and O–H groups in total. The Kier molecular flexibility index (Phi) is 8.34. The van der Waals surface area contributed by atoms with Crippen LogP contribution in [-0.4, -0.2) is 27.5 Å². The van der Waals surface area contributed by atoms with Gasteiger partial charge in [0.2, 0.25) is 11.8 Å². The number of benzene rings is 2. The van der Waals surface area contributed by atoms with Gasteiger partial charge in [0.1, 0.15) is 12.4 Å². The van der Waals surface area contributed by atoms with Crippen molar-refractivity contribution in [2.45, 2.75) is 46.2 Å². The second-order valence-corrected chi connectivity index (χ2v) is 8.55. The number of aromatic nitrogens is 2. The number of carbonyl (C=O) groups excluding carboxylic acids is 2. The fourth-order valence-corrected chi connectivity index (χ4v) is 3.56. The highest BCUT2D eigenvalue weighted by molar-refractivity contribution is 5.91. The molecule has 1 heterocycles. The third kappa shape index (κ3) is 6.40. The number of unbranched alkanes of at least 4 members (excludes halogenated alkanes) is 1. The Bertz CT molecular complexity index is 1280. The molecule has 0 fully saturated rings. The molecule has 180 valence electrons. The largest absolute Gasteiger partial charge is 0.356 e.